The highest BCUT2D eigenvalue weighted by atomic mass is 32.1. The third-order valence-electron chi connectivity index (χ3n) is 3.98. The molecule has 0 aromatic carbocycles. The number of hydrogen-bond acceptors (Lipinski definition) is 4. The Kier molecular flexibility index (Phi) is 3.49. The first kappa shape index (κ1) is 14.2. The molecule has 0 saturated heterocycles. The van der Waals surface area contributed by atoms with Gasteiger partial charge in [-0.05, 0) is 41.0 Å². The highest BCUT2D eigenvalue weighted by Crippen LogP contribution is 2.37. The summed E-state index contributed by atoms with van der Waals surface area (Å²) in [7, 11) is 0. The Labute approximate surface area is 141 Å². The van der Waals surface area contributed by atoms with Gasteiger partial charge >= 0.3 is 0 Å². The second-order valence-electron chi connectivity index (χ2n) is 5.42. The minimum atomic E-state index is -0.285. The van der Waals surface area contributed by atoms with Gasteiger partial charge in [0.05, 0.1) is 0 Å². The molecule has 0 atom stereocenters. The second-order valence-corrected chi connectivity index (χ2v) is 7.35. The van der Waals surface area contributed by atoms with Crippen LogP contribution in [0.4, 0.5) is 0 Å². The third kappa shape index (κ3) is 2.46. The molecule has 0 fully saturated rings. The molecule has 0 bridgehead atoms. The number of fused-ring (bicyclic) bond motifs is 1. The molecule has 0 unspecified atom stereocenters. The van der Waals surface area contributed by atoms with E-state index in [4.69, 9.17) is 0 Å². The molecular weight excluding hydrogens is 324 g/mol. The van der Waals surface area contributed by atoms with Crippen LogP contribution in [-0.4, -0.2) is 4.98 Å². The molecule has 0 saturated carbocycles. The van der Waals surface area contributed by atoms with Gasteiger partial charge in [0, 0.05) is 27.4 Å². The Hall–Kier alpha value is -2.42. The highest BCUT2D eigenvalue weighted by Gasteiger charge is 2.25. The summed E-state index contributed by atoms with van der Waals surface area (Å²) in [5, 5.41) is 13.5. The molecule has 23 heavy (non-hydrogen) atoms. The molecule has 3 aromatic heterocycles. The predicted octanol–water partition coefficient (Wildman–Crippen LogP) is 4.22. The van der Waals surface area contributed by atoms with Gasteiger partial charge in [-0.15, -0.1) is 22.7 Å². The van der Waals surface area contributed by atoms with Crippen LogP contribution in [0.2, 0.25) is 0 Å². The summed E-state index contributed by atoms with van der Waals surface area (Å²) < 4.78 is 0. The summed E-state index contributed by atoms with van der Waals surface area (Å²) in [5.74, 6) is 0. The van der Waals surface area contributed by atoms with Crippen molar-refractivity contribution in [1.29, 1.82) is 5.26 Å². The minimum Gasteiger partial charge on any atom is -0.324 e. The molecule has 0 aliphatic heterocycles. The van der Waals surface area contributed by atoms with Crippen LogP contribution in [0.25, 0.3) is 16.5 Å². The van der Waals surface area contributed by atoms with E-state index in [-0.39, 0.29) is 11.1 Å². The van der Waals surface area contributed by atoms with Gasteiger partial charge in [-0.2, -0.15) is 5.26 Å². The summed E-state index contributed by atoms with van der Waals surface area (Å²) in [6.07, 6.45) is 3.71. The van der Waals surface area contributed by atoms with Crippen LogP contribution in [0.1, 0.15) is 21.7 Å². The maximum Gasteiger partial charge on any atom is 0.266 e. The van der Waals surface area contributed by atoms with E-state index >= 15 is 0 Å². The Balaban J connectivity index is 1.88. The summed E-state index contributed by atoms with van der Waals surface area (Å²) in [5.41, 5.74) is 4.06. The number of rotatable bonds is 2. The Morgan fingerprint density at radius 2 is 2.00 bits per heavy atom. The fourth-order valence-corrected chi connectivity index (χ4v) is 4.54. The quantitative estimate of drug-likeness (QED) is 0.762. The van der Waals surface area contributed by atoms with Crippen LogP contribution in [0.15, 0.2) is 45.4 Å². The summed E-state index contributed by atoms with van der Waals surface area (Å²) in [6.45, 7) is 0. The van der Waals surface area contributed by atoms with E-state index in [0.29, 0.717) is 0 Å². The van der Waals surface area contributed by atoms with Crippen LogP contribution in [0.3, 0.4) is 0 Å². The summed E-state index contributed by atoms with van der Waals surface area (Å²) in [6, 6.07) is 10.1. The smallest absolute Gasteiger partial charge is 0.266 e. The van der Waals surface area contributed by atoms with E-state index in [0.717, 1.165) is 34.5 Å². The van der Waals surface area contributed by atoms with Crippen LogP contribution >= 0.6 is 22.7 Å². The number of aromatic nitrogens is 1. The van der Waals surface area contributed by atoms with Gasteiger partial charge in [0.2, 0.25) is 0 Å². The molecule has 4 rings (SSSR count). The SMILES string of the molecule is N#Cc1c(-c2cccs2)c2c([nH]c1=O)C/C(=C/c1cccs1)C2. The van der Waals surface area contributed by atoms with Crippen molar-refractivity contribution in [2.24, 2.45) is 0 Å². The standard InChI is InChI=1S/C18H12N2OS2/c19-10-14-17(16-4-2-6-23-16)13-8-11(7-12-3-1-5-22-12)9-15(13)20-18(14)21/h1-7H,8-9H2,(H,20,21)/b11-7+. The van der Waals surface area contributed by atoms with Crippen LogP contribution in [0, 0.1) is 11.3 Å². The first-order valence-corrected chi connectivity index (χ1v) is 8.97. The third-order valence-corrected chi connectivity index (χ3v) is 5.69. The van der Waals surface area contributed by atoms with E-state index in [1.807, 2.05) is 23.6 Å². The number of aromatic amines is 1. The van der Waals surface area contributed by atoms with E-state index in [9.17, 15) is 10.1 Å². The van der Waals surface area contributed by atoms with Gasteiger partial charge in [-0.1, -0.05) is 17.7 Å². The van der Waals surface area contributed by atoms with Crippen molar-refractivity contribution in [2.45, 2.75) is 12.8 Å². The van der Waals surface area contributed by atoms with Gasteiger partial charge in [0.25, 0.3) is 5.56 Å². The van der Waals surface area contributed by atoms with Crippen LogP contribution < -0.4 is 5.56 Å². The zero-order chi connectivity index (χ0) is 15.8. The highest BCUT2D eigenvalue weighted by molar-refractivity contribution is 7.13. The van der Waals surface area contributed by atoms with Gasteiger partial charge in [-0.25, -0.2) is 0 Å². The second kappa shape index (κ2) is 5.65. The maximum absolute atomic E-state index is 12.3. The lowest BCUT2D eigenvalue weighted by Crippen LogP contribution is -2.15. The van der Waals surface area contributed by atoms with Gasteiger partial charge in [-0.3, -0.25) is 4.79 Å². The fourth-order valence-electron chi connectivity index (χ4n) is 3.03. The lowest BCUT2D eigenvalue weighted by molar-refractivity contribution is 1.08. The number of hydrogen-bond donors (Lipinski definition) is 1. The van der Waals surface area contributed by atoms with Crippen molar-refractivity contribution >= 4 is 28.7 Å². The molecule has 1 aliphatic rings. The maximum atomic E-state index is 12.3. The molecular formula is C18H12N2OS2. The molecule has 1 aliphatic carbocycles. The molecule has 0 spiro atoms. The predicted molar refractivity (Wildman–Crippen MR) is 94.8 cm³/mol. The molecule has 0 amide bonds. The molecule has 3 aromatic rings. The summed E-state index contributed by atoms with van der Waals surface area (Å²) >= 11 is 3.27. The largest absolute Gasteiger partial charge is 0.324 e. The number of nitriles is 1. The minimum absolute atomic E-state index is 0.226. The molecule has 1 N–H and O–H groups in total. The Bertz CT molecular complexity index is 987. The monoisotopic (exact) mass is 336 g/mol. The first-order valence-electron chi connectivity index (χ1n) is 7.21. The number of nitrogens with zero attached hydrogens (tertiary/aromatic N) is 1. The number of allylic oxidation sites excluding steroid dienone is 1. The van der Waals surface area contributed by atoms with Crippen LogP contribution in [-0.2, 0) is 12.8 Å². The number of H-pyrrole nitrogens is 1. The molecule has 3 nitrogen and oxygen atoms in total. The van der Waals surface area contributed by atoms with Gasteiger partial charge < -0.3 is 4.98 Å². The zero-order valence-corrected chi connectivity index (χ0v) is 13.8. The number of pyridine rings is 1. The van der Waals surface area contributed by atoms with Crippen molar-refractivity contribution in [3.8, 4) is 16.5 Å². The summed E-state index contributed by atoms with van der Waals surface area (Å²) in [4.78, 5) is 17.4. The molecule has 5 heteroatoms. The van der Waals surface area contributed by atoms with Crippen molar-refractivity contribution < 1.29 is 0 Å². The van der Waals surface area contributed by atoms with Crippen molar-refractivity contribution in [3.63, 3.8) is 0 Å². The Morgan fingerprint density at radius 1 is 1.17 bits per heavy atom. The molecule has 0 radical (unpaired) electrons. The normalized spacial score (nSPS) is 14.8. The lowest BCUT2D eigenvalue weighted by Gasteiger charge is -2.07. The Morgan fingerprint density at radius 3 is 2.70 bits per heavy atom. The lowest BCUT2D eigenvalue weighted by atomic mass is 10.0. The van der Waals surface area contributed by atoms with Crippen molar-refractivity contribution in [1.82, 2.24) is 4.98 Å². The van der Waals surface area contributed by atoms with Crippen molar-refractivity contribution in [3.05, 3.63) is 72.7 Å². The van der Waals surface area contributed by atoms with E-state index in [1.165, 1.54) is 10.5 Å². The van der Waals surface area contributed by atoms with E-state index in [2.05, 4.69) is 28.6 Å². The van der Waals surface area contributed by atoms with Crippen LogP contribution in [0.5, 0.6) is 0 Å². The van der Waals surface area contributed by atoms with Gasteiger partial charge in [0.15, 0.2) is 0 Å². The molecule has 112 valence electrons. The number of thiophene rings is 2. The number of nitrogens with one attached hydrogen (secondary N) is 1. The van der Waals surface area contributed by atoms with Gasteiger partial charge in [0.1, 0.15) is 11.6 Å². The molecule has 3 heterocycles. The fraction of sp³-hybridized carbons (Fsp3) is 0.111. The van der Waals surface area contributed by atoms with Crippen molar-refractivity contribution in [2.75, 3.05) is 0 Å². The van der Waals surface area contributed by atoms with E-state index in [1.54, 1.807) is 22.7 Å². The van der Waals surface area contributed by atoms with E-state index < -0.39 is 0 Å². The average Bonchev–Trinajstić information content (AvgIpc) is 3.27. The topological polar surface area (TPSA) is 56.6 Å². The zero-order valence-electron chi connectivity index (χ0n) is 12.1. The average molecular weight is 336 g/mol. The first-order chi connectivity index (χ1) is 11.3.